The zero-order valence-electron chi connectivity index (χ0n) is 14.7. The molecule has 1 aliphatic heterocycles. The van der Waals surface area contributed by atoms with E-state index in [1.807, 2.05) is 6.08 Å². The molecule has 0 atom stereocenters. The number of nitrogens with zero attached hydrogens (tertiary/aromatic N) is 2. The summed E-state index contributed by atoms with van der Waals surface area (Å²) in [7, 11) is -3.91. The lowest BCUT2D eigenvalue weighted by Crippen LogP contribution is -2.20. The smallest absolute Gasteiger partial charge is 0.290 e. The van der Waals surface area contributed by atoms with Crippen LogP contribution in [-0.4, -0.2) is 42.0 Å². The van der Waals surface area contributed by atoms with Crippen molar-refractivity contribution in [2.75, 3.05) is 13.1 Å². The Hall–Kier alpha value is -3.04. The number of aromatic nitrogens is 2. The van der Waals surface area contributed by atoms with Gasteiger partial charge in [-0.25, -0.2) is 16.8 Å². The lowest BCUT2D eigenvalue weighted by molar-refractivity contribution is -0.122. The predicted octanol–water partition coefficient (Wildman–Crippen LogP) is 2.49. The Kier molecular flexibility index (Phi) is 5.86. The molecule has 2 aromatic heterocycles. The largest absolute Gasteiger partial charge is 0.483 e. The van der Waals surface area contributed by atoms with Crippen LogP contribution in [0.25, 0.3) is 16.6 Å². The van der Waals surface area contributed by atoms with Crippen LogP contribution < -0.4 is 5.32 Å². The molecule has 3 heterocycles. The number of rotatable bonds is 3. The molecule has 0 radical (unpaired) electrons. The molecule has 1 aliphatic rings. The van der Waals surface area contributed by atoms with Gasteiger partial charge in [-0.3, -0.25) is 9.78 Å². The van der Waals surface area contributed by atoms with Crippen LogP contribution in [0.2, 0.25) is 0 Å². The first kappa shape index (κ1) is 19.7. The van der Waals surface area contributed by atoms with E-state index in [0.717, 1.165) is 36.7 Å². The molecule has 0 amide bonds. The van der Waals surface area contributed by atoms with Gasteiger partial charge in [0.15, 0.2) is 0 Å². The van der Waals surface area contributed by atoms with Gasteiger partial charge in [-0.1, -0.05) is 12.1 Å². The first-order valence-corrected chi connectivity index (χ1v) is 9.88. The zero-order valence-corrected chi connectivity index (χ0v) is 15.6. The highest BCUT2D eigenvalue weighted by Gasteiger charge is 2.23. The number of hydrogen-bond acceptors (Lipinski definition) is 5. The summed E-state index contributed by atoms with van der Waals surface area (Å²) in [6.07, 6.45) is 6.09. The second kappa shape index (κ2) is 8.32. The summed E-state index contributed by atoms with van der Waals surface area (Å²) in [6.45, 7) is 1.33. The summed E-state index contributed by atoms with van der Waals surface area (Å²) < 4.78 is 40.8. The van der Waals surface area contributed by atoms with E-state index in [4.69, 9.17) is 9.90 Å². The molecule has 0 unspecified atom stereocenters. The Morgan fingerprint density at radius 1 is 1.25 bits per heavy atom. The van der Waals surface area contributed by atoms with Crippen LogP contribution in [-0.2, 0) is 14.8 Å². The van der Waals surface area contributed by atoms with E-state index >= 15 is 0 Å². The third-order valence-electron chi connectivity index (χ3n) is 4.29. The van der Waals surface area contributed by atoms with E-state index in [1.165, 1.54) is 22.2 Å². The fourth-order valence-corrected chi connectivity index (χ4v) is 4.46. The molecule has 28 heavy (non-hydrogen) atoms. The van der Waals surface area contributed by atoms with Gasteiger partial charge in [-0.05, 0) is 48.9 Å². The maximum Gasteiger partial charge on any atom is 0.290 e. The van der Waals surface area contributed by atoms with Gasteiger partial charge < -0.3 is 10.4 Å². The molecule has 4 rings (SSSR count). The topological polar surface area (TPSA) is 101 Å². The number of fused-ring (bicyclic) bond motifs is 1. The van der Waals surface area contributed by atoms with Crippen LogP contribution in [0.3, 0.4) is 0 Å². The van der Waals surface area contributed by atoms with Crippen LogP contribution >= 0.6 is 0 Å². The van der Waals surface area contributed by atoms with Crippen LogP contribution in [0.5, 0.6) is 0 Å². The maximum absolute atomic E-state index is 13.5. The zero-order chi connectivity index (χ0) is 20.1. The molecule has 2 N–H and O–H groups in total. The van der Waals surface area contributed by atoms with Crippen molar-refractivity contribution >= 4 is 33.1 Å². The fraction of sp³-hybridized carbons (Fsp3) is 0.158. The summed E-state index contributed by atoms with van der Waals surface area (Å²) in [6, 6.07) is 8.44. The molecule has 0 fully saturated rings. The Balaban J connectivity index is 0.000000706. The van der Waals surface area contributed by atoms with Crippen molar-refractivity contribution in [1.82, 2.24) is 14.3 Å². The summed E-state index contributed by atoms with van der Waals surface area (Å²) in [4.78, 5) is 12.7. The van der Waals surface area contributed by atoms with Crippen molar-refractivity contribution in [2.24, 2.45) is 0 Å². The van der Waals surface area contributed by atoms with E-state index in [0.29, 0.717) is 11.0 Å². The van der Waals surface area contributed by atoms with Crippen LogP contribution in [0, 0.1) is 5.82 Å². The second-order valence-electron chi connectivity index (χ2n) is 5.96. The Bertz CT molecular complexity index is 1140. The van der Waals surface area contributed by atoms with Crippen LogP contribution in [0.1, 0.15) is 12.0 Å². The molecule has 3 aromatic rings. The molecule has 1 aromatic carbocycles. The van der Waals surface area contributed by atoms with E-state index in [-0.39, 0.29) is 11.4 Å². The normalized spacial score (nSPS) is 14.1. The lowest BCUT2D eigenvalue weighted by atomic mass is 10.0. The average molecular weight is 403 g/mol. The Morgan fingerprint density at radius 3 is 2.71 bits per heavy atom. The summed E-state index contributed by atoms with van der Waals surface area (Å²) in [5.74, 6) is -0.586. The van der Waals surface area contributed by atoms with Crippen molar-refractivity contribution in [2.45, 2.75) is 11.3 Å². The Morgan fingerprint density at radius 2 is 2.04 bits per heavy atom. The monoisotopic (exact) mass is 403 g/mol. The quantitative estimate of drug-likeness (QED) is 0.652. The van der Waals surface area contributed by atoms with Crippen LogP contribution in [0.4, 0.5) is 4.39 Å². The highest BCUT2D eigenvalue weighted by Crippen LogP contribution is 2.31. The van der Waals surface area contributed by atoms with E-state index < -0.39 is 15.8 Å². The molecule has 0 bridgehead atoms. The molecule has 9 heteroatoms. The van der Waals surface area contributed by atoms with E-state index in [1.54, 1.807) is 24.5 Å². The van der Waals surface area contributed by atoms with E-state index in [9.17, 15) is 12.8 Å². The minimum Gasteiger partial charge on any atom is -0.483 e. The van der Waals surface area contributed by atoms with Crippen molar-refractivity contribution < 1.29 is 22.7 Å². The molecule has 7 nitrogen and oxygen atoms in total. The van der Waals surface area contributed by atoms with Gasteiger partial charge in [0.1, 0.15) is 5.82 Å². The molecule has 0 saturated heterocycles. The predicted molar refractivity (Wildman–Crippen MR) is 103 cm³/mol. The van der Waals surface area contributed by atoms with Gasteiger partial charge in [0.25, 0.3) is 16.5 Å². The standard InChI is InChI=1S/C18H16FN3O2S.CH2O2/c19-14-3-1-4-15(11-14)25(23,24)22-12-16(13-6-9-20-10-7-13)18-17(22)5-2-8-21-18;2-1-3/h1-6,8,11-12,20H,7,9-10H2;1H,(H,2,3). The minimum atomic E-state index is -3.91. The number of hydrogen-bond donors (Lipinski definition) is 2. The number of pyridine rings is 1. The molecule has 0 spiro atoms. The van der Waals surface area contributed by atoms with E-state index in [2.05, 4.69) is 10.3 Å². The SMILES string of the molecule is O=CO.O=S(=O)(c1cccc(F)c1)n1cc(C2=CCNCC2)c2ncccc21. The first-order chi connectivity index (χ1) is 13.5. The summed E-state index contributed by atoms with van der Waals surface area (Å²) >= 11 is 0. The maximum atomic E-state index is 13.5. The van der Waals surface area contributed by atoms with Gasteiger partial charge in [0.05, 0.1) is 15.9 Å². The first-order valence-electron chi connectivity index (χ1n) is 8.44. The minimum absolute atomic E-state index is 0.0842. The molecule has 0 aliphatic carbocycles. The summed E-state index contributed by atoms with van der Waals surface area (Å²) in [5.41, 5.74) is 2.99. The van der Waals surface area contributed by atoms with Crippen molar-refractivity contribution in [3.05, 3.63) is 66.2 Å². The average Bonchev–Trinajstić information content (AvgIpc) is 3.10. The van der Waals surface area contributed by atoms with Crippen LogP contribution in [0.15, 0.2) is 59.8 Å². The number of nitrogens with one attached hydrogen (secondary N) is 1. The Labute approximate surface area is 161 Å². The van der Waals surface area contributed by atoms with Gasteiger partial charge in [0, 0.05) is 24.5 Å². The number of carboxylic acid groups (broad SMARTS) is 1. The fourth-order valence-electron chi connectivity index (χ4n) is 3.07. The third-order valence-corrected chi connectivity index (χ3v) is 5.96. The van der Waals surface area contributed by atoms with Gasteiger partial charge in [0.2, 0.25) is 0 Å². The number of halogens is 1. The molecular weight excluding hydrogens is 385 g/mol. The molecular formula is C19H18FN3O4S. The number of carbonyl (C=O) groups is 1. The third kappa shape index (κ3) is 3.80. The lowest BCUT2D eigenvalue weighted by Gasteiger charge is -2.12. The second-order valence-corrected chi connectivity index (χ2v) is 7.78. The highest BCUT2D eigenvalue weighted by molar-refractivity contribution is 7.90. The van der Waals surface area contributed by atoms with Crippen molar-refractivity contribution in [3.8, 4) is 0 Å². The highest BCUT2D eigenvalue weighted by atomic mass is 32.2. The summed E-state index contributed by atoms with van der Waals surface area (Å²) in [5, 5.41) is 10.1. The van der Waals surface area contributed by atoms with Gasteiger partial charge in [-0.15, -0.1) is 0 Å². The van der Waals surface area contributed by atoms with Crippen molar-refractivity contribution in [1.29, 1.82) is 0 Å². The molecule has 0 saturated carbocycles. The van der Waals surface area contributed by atoms with Gasteiger partial charge in [-0.2, -0.15) is 0 Å². The van der Waals surface area contributed by atoms with Gasteiger partial charge >= 0.3 is 0 Å². The molecule has 146 valence electrons. The van der Waals surface area contributed by atoms with Crippen molar-refractivity contribution in [3.63, 3.8) is 0 Å². The number of benzene rings is 1.